The zero-order valence-corrected chi connectivity index (χ0v) is 23.2. The Morgan fingerprint density at radius 2 is 1.71 bits per heavy atom. The van der Waals surface area contributed by atoms with E-state index in [1.807, 2.05) is 9.80 Å². The Balaban J connectivity index is 1.26. The van der Waals surface area contributed by atoms with Crippen LogP contribution in [-0.4, -0.2) is 126 Å². The maximum atomic E-state index is 12.4. The standard InChI is InChI=1S/C26H46N6O6/c1-26(2,3)38-24(35)28-23(27)31-12-8-20(9-13-31)6-4-11-32-19-21(37-25(32)36)18-30-16-14-29(15-17-30)10-5-7-22(33)34/h20-21H,4-19H2,1-3H3,(H,33,34)(H2,27,28,35). The number of nitrogens with zero attached hydrogens (tertiary/aromatic N) is 4. The van der Waals surface area contributed by atoms with Gasteiger partial charge in [-0.2, -0.15) is 0 Å². The number of guanidine groups is 1. The van der Waals surface area contributed by atoms with Crippen LogP contribution in [0.1, 0.15) is 59.3 Å². The fourth-order valence-corrected chi connectivity index (χ4v) is 5.29. The molecule has 3 aliphatic rings. The average Bonchev–Trinajstić information content (AvgIpc) is 3.17. The predicted octanol–water partition coefficient (Wildman–Crippen LogP) is 2.24. The number of cyclic esters (lactones) is 1. The molecule has 1 atom stereocenters. The van der Waals surface area contributed by atoms with E-state index in [4.69, 9.17) is 20.0 Å². The minimum absolute atomic E-state index is 0.0863. The van der Waals surface area contributed by atoms with Crippen molar-refractivity contribution < 1.29 is 29.0 Å². The second kappa shape index (κ2) is 14.0. The number of hydrogen-bond acceptors (Lipinski definition) is 8. The summed E-state index contributed by atoms with van der Waals surface area (Å²) in [6.07, 6.45) is 3.82. The van der Waals surface area contributed by atoms with Crippen molar-refractivity contribution in [2.75, 3.05) is 65.4 Å². The first-order valence-electron chi connectivity index (χ1n) is 13.9. The van der Waals surface area contributed by atoms with Gasteiger partial charge in [0.2, 0.25) is 5.96 Å². The second-order valence-electron chi connectivity index (χ2n) is 11.6. The molecule has 3 aliphatic heterocycles. The SMILES string of the molecule is CC(C)(C)OC(=O)NC(=N)N1CCC(CCCN2CC(CN3CCN(CCCC(=O)O)CC3)OC2=O)CC1. The van der Waals surface area contributed by atoms with Gasteiger partial charge in [0.1, 0.15) is 11.7 Å². The fourth-order valence-electron chi connectivity index (χ4n) is 5.29. The molecule has 0 spiro atoms. The Kier molecular flexibility index (Phi) is 11.0. The van der Waals surface area contributed by atoms with Crippen LogP contribution in [0, 0.1) is 11.3 Å². The highest BCUT2D eigenvalue weighted by molar-refractivity contribution is 5.92. The summed E-state index contributed by atoms with van der Waals surface area (Å²) in [5.74, 6) is -0.113. The molecule has 3 fully saturated rings. The summed E-state index contributed by atoms with van der Waals surface area (Å²) in [5, 5.41) is 19.5. The fraction of sp³-hybridized carbons (Fsp3) is 0.846. The Morgan fingerprint density at radius 1 is 1.05 bits per heavy atom. The lowest BCUT2D eigenvalue weighted by atomic mass is 9.92. The molecule has 0 bridgehead atoms. The third-order valence-corrected chi connectivity index (χ3v) is 7.33. The third-order valence-electron chi connectivity index (χ3n) is 7.33. The number of nitrogens with one attached hydrogen (secondary N) is 2. The highest BCUT2D eigenvalue weighted by atomic mass is 16.6. The maximum Gasteiger partial charge on any atom is 0.414 e. The molecule has 0 aliphatic carbocycles. The number of rotatable bonds is 10. The first kappa shape index (κ1) is 29.9. The third kappa shape index (κ3) is 10.3. The molecule has 3 saturated heterocycles. The molecule has 2 amide bonds. The summed E-state index contributed by atoms with van der Waals surface area (Å²) in [7, 11) is 0. The number of carboxylic acids is 1. The van der Waals surface area contributed by atoms with Crippen molar-refractivity contribution in [2.24, 2.45) is 5.92 Å². The molecule has 3 N–H and O–H groups in total. The van der Waals surface area contributed by atoms with E-state index in [0.29, 0.717) is 25.4 Å². The van der Waals surface area contributed by atoms with E-state index in [0.717, 1.165) is 78.0 Å². The van der Waals surface area contributed by atoms with Crippen LogP contribution in [0.25, 0.3) is 0 Å². The average molecular weight is 539 g/mol. The van der Waals surface area contributed by atoms with Gasteiger partial charge in [0.15, 0.2) is 0 Å². The van der Waals surface area contributed by atoms with E-state index in [-0.39, 0.29) is 24.6 Å². The first-order chi connectivity index (χ1) is 18.0. The predicted molar refractivity (Wildman–Crippen MR) is 142 cm³/mol. The molecule has 0 aromatic heterocycles. The van der Waals surface area contributed by atoms with Crippen LogP contribution in [0.2, 0.25) is 0 Å². The van der Waals surface area contributed by atoms with E-state index in [9.17, 15) is 14.4 Å². The molecular formula is C26H46N6O6. The number of ether oxygens (including phenoxy) is 2. The van der Waals surface area contributed by atoms with E-state index in [1.54, 1.807) is 20.8 Å². The minimum Gasteiger partial charge on any atom is -0.481 e. The van der Waals surface area contributed by atoms with Gasteiger partial charge in [-0.25, -0.2) is 9.59 Å². The van der Waals surface area contributed by atoms with Gasteiger partial charge < -0.3 is 29.3 Å². The number of hydrogen-bond donors (Lipinski definition) is 3. The van der Waals surface area contributed by atoms with Gasteiger partial charge >= 0.3 is 18.2 Å². The normalized spacial score (nSPS) is 21.9. The maximum absolute atomic E-state index is 12.4. The van der Waals surface area contributed by atoms with E-state index >= 15 is 0 Å². The van der Waals surface area contributed by atoms with Gasteiger partial charge in [-0.1, -0.05) is 0 Å². The molecule has 3 rings (SSSR count). The highest BCUT2D eigenvalue weighted by Crippen LogP contribution is 2.23. The summed E-state index contributed by atoms with van der Waals surface area (Å²) >= 11 is 0. The zero-order chi connectivity index (χ0) is 27.7. The van der Waals surface area contributed by atoms with Crippen LogP contribution in [0.3, 0.4) is 0 Å². The van der Waals surface area contributed by atoms with Crippen molar-refractivity contribution >= 4 is 24.1 Å². The lowest BCUT2D eigenvalue weighted by molar-refractivity contribution is -0.137. The van der Waals surface area contributed by atoms with Gasteiger partial charge in [-0.05, 0) is 65.3 Å². The van der Waals surface area contributed by atoms with Gasteiger partial charge in [-0.15, -0.1) is 0 Å². The Bertz CT molecular complexity index is 818. The molecule has 3 heterocycles. The van der Waals surface area contributed by atoms with Gasteiger partial charge in [-0.3, -0.25) is 20.4 Å². The van der Waals surface area contributed by atoms with Crippen molar-refractivity contribution in [3.8, 4) is 0 Å². The molecule has 1 unspecified atom stereocenters. The van der Waals surface area contributed by atoms with Crippen molar-refractivity contribution in [3.05, 3.63) is 0 Å². The topological polar surface area (TPSA) is 139 Å². The number of carbonyl (C=O) groups is 3. The number of carboxylic acid groups (broad SMARTS) is 1. The van der Waals surface area contributed by atoms with Crippen LogP contribution in [0.4, 0.5) is 9.59 Å². The molecule has 0 saturated carbocycles. The van der Waals surface area contributed by atoms with Crippen LogP contribution in [-0.2, 0) is 14.3 Å². The number of aliphatic carboxylic acids is 1. The van der Waals surface area contributed by atoms with Crippen molar-refractivity contribution in [1.29, 1.82) is 5.41 Å². The molecule has 0 aromatic rings. The number of amides is 2. The lowest BCUT2D eigenvalue weighted by Gasteiger charge is -2.35. The molecular weight excluding hydrogens is 492 g/mol. The van der Waals surface area contributed by atoms with Gasteiger partial charge in [0, 0.05) is 58.8 Å². The summed E-state index contributed by atoms with van der Waals surface area (Å²) in [6, 6.07) is 0. The van der Waals surface area contributed by atoms with E-state index in [1.165, 1.54) is 0 Å². The minimum atomic E-state index is -0.743. The van der Waals surface area contributed by atoms with Crippen molar-refractivity contribution in [3.63, 3.8) is 0 Å². The largest absolute Gasteiger partial charge is 0.481 e. The number of alkyl carbamates (subject to hydrolysis) is 1. The lowest BCUT2D eigenvalue weighted by Crippen LogP contribution is -2.49. The summed E-state index contributed by atoms with van der Waals surface area (Å²) in [6.45, 7) is 13.4. The zero-order valence-electron chi connectivity index (χ0n) is 23.2. The molecule has 0 radical (unpaired) electrons. The Labute approximate surface area is 226 Å². The van der Waals surface area contributed by atoms with E-state index < -0.39 is 17.7 Å². The van der Waals surface area contributed by atoms with Gasteiger partial charge in [0.05, 0.1) is 6.54 Å². The molecule has 12 heteroatoms. The first-order valence-corrected chi connectivity index (χ1v) is 13.9. The summed E-state index contributed by atoms with van der Waals surface area (Å²) < 4.78 is 10.9. The second-order valence-corrected chi connectivity index (χ2v) is 11.6. The van der Waals surface area contributed by atoms with Crippen molar-refractivity contribution in [1.82, 2.24) is 24.9 Å². The molecule has 216 valence electrons. The molecule has 0 aromatic carbocycles. The molecule has 38 heavy (non-hydrogen) atoms. The molecule has 12 nitrogen and oxygen atoms in total. The monoisotopic (exact) mass is 538 g/mol. The van der Waals surface area contributed by atoms with Crippen LogP contribution in [0.15, 0.2) is 0 Å². The Hall–Kier alpha value is -2.60. The van der Waals surface area contributed by atoms with Gasteiger partial charge in [0.25, 0.3) is 0 Å². The number of likely N-dealkylation sites (tertiary alicyclic amines) is 1. The van der Waals surface area contributed by atoms with Crippen molar-refractivity contribution in [2.45, 2.75) is 71.0 Å². The number of piperazine rings is 1. The number of piperidine rings is 1. The summed E-state index contributed by atoms with van der Waals surface area (Å²) in [4.78, 5) is 43.3. The van der Waals surface area contributed by atoms with Crippen LogP contribution < -0.4 is 5.32 Å². The Morgan fingerprint density at radius 3 is 2.34 bits per heavy atom. The van der Waals surface area contributed by atoms with Crippen LogP contribution in [0.5, 0.6) is 0 Å². The van der Waals surface area contributed by atoms with E-state index in [2.05, 4.69) is 15.1 Å². The highest BCUT2D eigenvalue weighted by Gasteiger charge is 2.33. The number of carbonyl (C=O) groups excluding carboxylic acids is 2. The smallest absolute Gasteiger partial charge is 0.414 e. The van der Waals surface area contributed by atoms with Crippen LogP contribution >= 0.6 is 0 Å². The summed E-state index contributed by atoms with van der Waals surface area (Å²) in [5.41, 5.74) is -0.597. The quantitative estimate of drug-likeness (QED) is 0.282.